The van der Waals surface area contributed by atoms with Gasteiger partial charge in [0.2, 0.25) is 5.91 Å². The zero-order valence-corrected chi connectivity index (χ0v) is 11.4. The van der Waals surface area contributed by atoms with Crippen LogP contribution >= 0.6 is 27.3 Å². The van der Waals surface area contributed by atoms with Crippen LogP contribution < -0.4 is 5.32 Å². The lowest BCUT2D eigenvalue weighted by molar-refractivity contribution is -0.115. The van der Waals surface area contributed by atoms with Crippen molar-refractivity contribution in [1.82, 2.24) is 4.98 Å². The summed E-state index contributed by atoms with van der Waals surface area (Å²) in [4.78, 5) is 26.8. The van der Waals surface area contributed by atoms with Crippen LogP contribution in [0.15, 0.2) is 0 Å². The standard InChI is InChI=1S/C9H11BrN2O3S/c1-4(10)7(13)12-9-11-5(2)6(16-9)8(14)15-3/h4H,1-3H3,(H,11,12,13). The van der Waals surface area contributed by atoms with Gasteiger partial charge in [-0.15, -0.1) is 0 Å². The summed E-state index contributed by atoms with van der Waals surface area (Å²) in [7, 11) is 1.31. The molecule has 0 aliphatic rings. The van der Waals surface area contributed by atoms with E-state index >= 15 is 0 Å². The average molecular weight is 307 g/mol. The van der Waals surface area contributed by atoms with Crippen LogP contribution in [0.5, 0.6) is 0 Å². The predicted octanol–water partition coefficient (Wildman–Crippen LogP) is 1.96. The van der Waals surface area contributed by atoms with Crippen LogP contribution in [0, 0.1) is 6.92 Å². The number of hydrogen-bond acceptors (Lipinski definition) is 5. The first-order chi connectivity index (χ1) is 7.45. The van der Waals surface area contributed by atoms with E-state index in [0.717, 1.165) is 11.3 Å². The Kier molecular flexibility index (Phi) is 4.43. The van der Waals surface area contributed by atoms with E-state index in [2.05, 4.69) is 31.0 Å². The van der Waals surface area contributed by atoms with Gasteiger partial charge in [0.05, 0.1) is 17.6 Å². The second-order valence-electron chi connectivity index (χ2n) is 3.03. The van der Waals surface area contributed by atoms with Crippen molar-refractivity contribution in [1.29, 1.82) is 0 Å². The molecule has 1 N–H and O–H groups in total. The summed E-state index contributed by atoms with van der Waals surface area (Å²) in [6.07, 6.45) is 0. The van der Waals surface area contributed by atoms with Crippen LogP contribution in [0.4, 0.5) is 5.13 Å². The quantitative estimate of drug-likeness (QED) is 0.684. The smallest absolute Gasteiger partial charge is 0.350 e. The van der Waals surface area contributed by atoms with Crippen molar-refractivity contribution in [3.63, 3.8) is 0 Å². The molecule has 1 aromatic heterocycles. The van der Waals surface area contributed by atoms with Crippen molar-refractivity contribution in [2.24, 2.45) is 0 Å². The first kappa shape index (κ1) is 13.1. The minimum absolute atomic E-state index is 0.204. The number of rotatable bonds is 3. The first-order valence-corrected chi connectivity index (χ1v) is 6.19. The van der Waals surface area contributed by atoms with Gasteiger partial charge in [0.15, 0.2) is 5.13 Å². The van der Waals surface area contributed by atoms with E-state index in [-0.39, 0.29) is 10.7 Å². The molecule has 88 valence electrons. The third-order valence-electron chi connectivity index (χ3n) is 1.76. The molecule has 0 bridgehead atoms. The molecule has 0 radical (unpaired) electrons. The number of aryl methyl sites for hydroxylation is 1. The maximum Gasteiger partial charge on any atom is 0.350 e. The Labute approximate surface area is 105 Å². The van der Waals surface area contributed by atoms with Gasteiger partial charge in [-0.3, -0.25) is 4.79 Å². The van der Waals surface area contributed by atoms with Gasteiger partial charge in [-0.1, -0.05) is 27.3 Å². The molecular formula is C9H11BrN2O3S. The Hall–Kier alpha value is -0.950. The van der Waals surface area contributed by atoms with Crippen LogP contribution in [0.3, 0.4) is 0 Å². The largest absolute Gasteiger partial charge is 0.465 e. The zero-order chi connectivity index (χ0) is 12.3. The van der Waals surface area contributed by atoms with Crippen molar-refractivity contribution in [2.75, 3.05) is 12.4 Å². The maximum absolute atomic E-state index is 11.4. The van der Waals surface area contributed by atoms with Crippen LogP contribution in [0.1, 0.15) is 22.3 Å². The number of methoxy groups -OCH3 is 1. The fourth-order valence-corrected chi connectivity index (χ4v) is 1.94. The number of hydrogen-bond donors (Lipinski definition) is 1. The zero-order valence-electron chi connectivity index (χ0n) is 9.04. The van der Waals surface area contributed by atoms with E-state index in [9.17, 15) is 9.59 Å². The highest BCUT2D eigenvalue weighted by Crippen LogP contribution is 2.23. The molecular weight excluding hydrogens is 296 g/mol. The van der Waals surface area contributed by atoms with E-state index in [0.29, 0.717) is 15.7 Å². The molecule has 1 rings (SSSR count). The Balaban J connectivity index is 2.85. The lowest BCUT2D eigenvalue weighted by Crippen LogP contribution is -2.19. The molecule has 0 saturated heterocycles. The third kappa shape index (κ3) is 3.02. The molecule has 7 heteroatoms. The van der Waals surface area contributed by atoms with Crippen molar-refractivity contribution >= 4 is 44.3 Å². The molecule has 1 atom stereocenters. The summed E-state index contributed by atoms with van der Waals surface area (Å²) in [6.45, 7) is 3.40. The lowest BCUT2D eigenvalue weighted by atomic mass is 10.4. The van der Waals surface area contributed by atoms with Crippen molar-refractivity contribution in [3.8, 4) is 0 Å². The number of amides is 1. The number of esters is 1. The van der Waals surface area contributed by atoms with E-state index in [1.54, 1.807) is 13.8 Å². The van der Waals surface area contributed by atoms with Gasteiger partial charge >= 0.3 is 5.97 Å². The maximum atomic E-state index is 11.4. The number of halogens is 1. The Morgan fingerprint density at radius 2 is 2.19 bits per heavy atom. The SMILES string of the molecule is COC(=O)c1sc(NC(=O)C(C)Br)nc1C. The second kappa shape index (κ2) is 5.40. The highest BCUT2D eigenvalue weighted by Gasteiger charge is 2.17. The number of ether oxygens (including phenoxy) is 1. The summed E-state index contributed by atoms with van der Waals surface area (Å²) in [6, 6.07) is 0. The van der Waals surface area contributed by atoms with Crippen LogP contribution in [0.2, 0.25) is 0 Å². The van der Waals surface area contributed by atoms with Crippen LogP contribution in [-0.2, 0) is 9.53 Å². The molecule has 1 amide bonds. The summed E-state index contributed by atoms with van der Waals surface area (Å²) in [5.74, 6) is -0.646. The van der Waals surface area contributed by atoms with Crippen molar-refractivity contribution in [2.45, 2.75) is 18.7 Å². The average Bonchev–Trinajstić information content (AvgIpc) is 2.58. The fourth-order valence-electron chi connectivity index (χ4n) is 0.937. The van der Waals surface area contributed by atoms with E-state index in [1.165, 1.54) is 7.11 Å². The highest BCUT2D eigenvalue weighted by atomic mass is 79.9. The van der Waals surface area contributed by atoms with Crippen LogP contribution in [0.25, 0.3) is 0 Å². The number of aromatic nitrogens is 1. The van der Waals surface area contributed by atoms with Gasteiger partial charge in [0, 0.05) is 0 Å². The topological polar surface area (TPSA) is 68.3 Å². The number of anilines is 1. The van der Waals surface area contributed by atoms with Gasteiger partial charge in [-0.25, -0.2) is 9.78 Å². The highest BCUT2D eigenvalue weighted by molar-refractivity contribution is 9.10. The Bertz CT molecular complexity index is 417. The number of carbonyl (C=O) groups is 2. The van der Waals surface area contributed by atoms with Crippen molar-refractivity contribution < 1.29 is 14.3 Å². The predicted molar refractivity (Wildman–Crippen MR) is 65.2 cm³/mol. The second-order valence-corrected chi connectivity index (χ2v) is 5.40. The minimum atomic E-state index is -0.442. The van der Waals surface area contributed by atoms with Gasteiger partial charge in [0.1, 0.15) is 4.88 Å². The van der Waals surface area contributed by atoms with E-state index in [1.807, 2.05) is 0 Å². The van der Waals surface area contributed by atoms with E-state index in [4.69, 9.17) is 0 Å². The number of nitrogens with zero attached hydrogens (tertiary/aromatic N) is 1. The molecule has 5 nitrogen and oxygen atoms in total. The van der Waals surface area contributed by atoms with E-state index < -0.39 is 5.97 Å². The summed E-state index contributed by atoms with van der Waals surface area (Å²) in [5.41, 5.74) is 0.550. The van der Waals surface area contributed by atoms with Gasteiger partial charge < -0.3 is 10.1 Å². The number of alkyl halides is 1. The molecule has 1 heterocycles. The molecule has 0 aromatic carbocycles. The molecule has 1 unspecified atom stereocenters. The Morgan fingerprint density at radius 1 is 1.56 bits per heavy atom. The summed E-state index contributed by atoms with van der Waals surface area (Å²) >= 11 is 4.24. The van der Waals surface area contributed by atoms with Gasteiger partial charge in [-0.05, 0) is 13.8 Å². The molecule has 0 spiro atoms. The summed E-state index contributed by atoms with van der Waals surface area (Å²) < 4.78 is 4.59. The molecule has 16 heavy (non-hydrogen) atoms. The fraction of sp³-hybridized carbons (Fsp3) is 0.444. The number of thiazole rings is 1. The molecule has 0 aliphatic carbocycles. The number of carbonyl (C=O) groups excluding carboxylic acids is 2. The van der Waals surface area contributed by atoms with Crippen molar-refractivity contribution in [3.05, 3.63) is 10.6 Å². The molecule has 0 aliphatic heterocycles. The van der Waals surface area contributed by atoms with Crippen LogP contribution in [-0.4, -0.2) is 28.8 Å². The Morgan fingerprint density at radius 3 is 2.69 bits per heavy atom. The lowest BCUT2D eigenvalue weighted by Gasteiger charge is -2.01. The number of nitrogens with one attached hydrogen (secondary N) is 1. The first-order valence-electron chi connectivity index (χ1n) is 4.46. The minimum Gasteiger partial charge on any atom is -0.465 e. The molecule has 0 fully saturated rings. The van der Waals surface area contributed by atoms with Gasteiger partial charge in [-0.2, -0.15) is 0 Å². The van der Waals surface area contributed by atoms with Gasteiger partial charge in [0.25, 0.3) is 0 Å². The molecule has 0 saturated carbocycles. The third-order valence-corrected chi connectivity index (χ3v) is 3.23. The summed E-state index contributed by atoms with van der Waals surface area (Å²) in [5, 5.41) is 2.99. The molecule has 1 aromatic rings. The monoisotopic (exact) mass is 306 g/mol. The normalized spacial score (nSPS) is 12.0.